The molecule has 1 saturated carbocycles. The van der Waals surface area contributed by atoms with E-state index in [0.29, 0.717) is 12.8 Å². The Balaban J connectivity index is 2.16. The molecule has 2 rings (SSSR count). The number of sulfone groups is 1. The fourth-order valence-electron chi connectivity index (χ4n) is 2.74. The van der Waals surface area contributed by atoms with Crippen LogP contribution in [0.3, 0.4) is 0 Å². The quantitative estimate of drug-likeness (QED) is 0.921. The molecule has 1 heterocycles. The third-order valence-corrected chi connectivity index (χ3v) is 5.48. The van der Waals surface area contributed by atoms with Gasteiger partial charge in [-0.3, -0.25) is 4.98 Å². The van der Waals surface area contributed by atoms with Gasteiger partial charge in [-0.25, -0.2) is 12.8 Å². The van der Waals surface area contributed by atoms with Crippen LogP contribution in [0, 0.1) is 11.7 Å². The molecule has 3 unspecified atom stereocenters. The molecule has 1 N–H and O–H groups in total. The summed E-state index contributed by atoms with van der Waals surface area (Å²) in [6, 6.07) is 1.45. The van der Waals surface area contributed by atoms with Crippen LogP contribution >= 0.6 is 0 Å². The van der Waals surface area contributed by atoms with Gasteiger partial charge in [0.1, 0.15) is 15.7 Å². The maximum Gasteiger partial charge on any atom is 0.150 e. The minimum atomic E-state index is -3.10. The van der Waals surface area contributed by atoms with Gasteiger partial charge < -0.3 is 5.11 Å². The molecule has 19 heavy (non-hydrogen) atoms. The molecule has 0 spiro atoms. The molecule has 6 heteroatoms. The van der Waals surface area contributed by atoms with Crippen LogP contribution in [0.4, 0.5) is 4.39 Å². The second-order valence-corrected chi connectivity index (χ2v) is 7.55. The number of rotatable bonds is 3. The van der Waals surface area contributed by atoms with Gasteiger partial charge in [0.2, 0.25) is 0 Å². The lowest BCUT2D eigenvalue weighted by Gasteiger charge is -2.31. The minimum absolute atomic E-state index is 0.203. The Morgan fingerprint density at radius 2 is 2.21 bits per heavy atom. The largest absolute Gasteiger partial charge is 0.388 e. The second-order valence-electron chi connectivity index (χ2n) is 5.22. The highest BCUT2D eigenvalue weighted by atomic mass is 32.2. The molecule has 0 bridgehead atoms. The van der Waals surface area contributed by atoms with Gasteiger partial charge in [0, 0.05) is 18.0 Å². The van der Waals surface area contributed by atoms with Gasteiger partial charge in [-0.2, -0.15) is 0 Å². The van der Waals surface area contributed by atoms with Gasteiger partial charge >= 0.3 is 0 Å². The lowest BCUT2D eigenvalue weighted by molar-refractivity contribution is 0.0823. The molecular formula is C13H18FNO3S. The van der Waals surface area contributed by atoms with Crippen molar-refractivity contribution in [3.8, 4) is 0 Å². The molecule has 106 valence electrons. The molecule has 4 nitrogen and oxygen atoms in total. The van der Waals surface area contributed by atoms with Crippen LogP contribution < -0.4 is 0 Å². The van der Waals surface area contributed by atoms with Crippen molar-refractivity contribution in [2.24, 2.45) is 5.92 Å². The van der Waals surface area contributed by atoms with Crippen LogP contribution in [0.1, 0.15) is 37.4 Å². The fourth-order valence-corrected chi connectivity index (χ4v) is 3.93. The summed E-state index contributed by atoms with van der Waals surface area (Å²) in [5.74, 6) is -0.762. The van der Waals surface area contributed by atoms with Crippen molar-refractivity contribution in [2.45, 2.75) is 37.0 Å². The number of pyridine rings is 1. The molecular weight excluding hydrogens is 269 g/mol. The molecule has 1 aliphatic rings. The van der Waals surface area contributed by atoms with Crippen LogP contribution in [0.2, 0.25) is 0 Å². The number of hydrogen-bond acceptors (Lipinski definition) is 4. The molecule has 1 fully saturated rings. The Morgan fingerprint density at radius 3 is 2.84 bits per heavy atom. The first-order chi connectivity index (χ1) is 8.89. The SMILES string of the molecule is CS(=O)(=O)C1CCCC(C(O)c2ccncc2F)C1. The Morgan fingerprint density at radius 1 is 1.47 bits per heavy atom. The number of hydrogen-bond donors (Lipinski definition) is 1. The molecule has 1 aromatic rings. The van der Waals surface area contributed by atoms with E-state index in [1.54, 1.807) is 0 Å². The van der Waals surface area contributed by atoms with Crippen molar-refractivity contribution in [3.63, 3.8) is 0 Å². The predicted octanol–water partition coefficient (Wildman–Crippen LogP) is 1.86. The third-order valence-electron chi connectivity index (χ3n) is 3.84. The third kappa shape index (κ3) is 3.30. The fraction of sp³-hybridized carbons (Fsp3) is 0.615. The summed E-state index contributed by atoms with van der Waals surface area (Å²) in [5.41, 5.74) is 0.203. The highest BCUT2D eigenvalue weighted by Gasteiger charge is 2.33. The Kier molecular flexibility index (Phi) is 4.20. The number of aliphatic hydroxyl groups is 1. The average Bonchev–Trinajstić information content (AvgIpc) is 2.38. The zero-order valence-corrected chi connectivity index (χ0v) is 11.6. The summed E-state index contributed by atoms with van der Waals surface area (Å²) < 4.78 is 36.8. The first-order valence-electron chi connectivity index (χ1n) is 6.36. The number of aliphatic hydroxyl groups excluding tert-OH is 1. The van der Waals surface area contributed by atoms with Gasteiger partial charge in [0.15, 0.2) is 0 Å². The summed E-state index contributed by atoms with van der Waals surface area (Å²) >= 11 is 0. The van der Waals surface area contributed by atoms with E-state index in [9.17, 15) is 17.9 Å². The van der Waals surface area contributed by atoms with Crippen LogP contribution in [-0.2, 0) is 9.84 Å². The highest BCUT2D eigenvalue weighted by Crippen LogP contribution is 2.37. The van der Waals surface area contributed by atoms with Crippen LogP contribution in [0.25, 0.3) is 0 Å². The predicted molar refractivity (Wildman–Crippen MR) is 69.7 cm³/mol. The zero-order valence-electron chi connectivity index (χ0n) is 10.8. The van der Waals surface area contributed by atoms with E-state index in [1.807, 2.05) is 0 Å². The Hall–Kier alpha value is -1.01. The van der Waals surface area contributed by atoms with E-state index >= 15 is 0 Å². The summed E-state index contributed by atoms with van der Waals surface area (Å²) in [5, 5.41) is 9.82. The monoisotopic (exact) mass is 287 g/mol. The summed E-state index contributed by atoms with van der Waals surface area (Å²) in [4.78, 5) is 3.64. The molecule has 0 radical (unpaired) electrons. The Bertz CT molecular complexity index is 547. The number of nitrogens with zero attached hydrogens (tertiary/aromatic N) is 1. The maximum absolute atomic E-state index is 13.6. The highest BCUT2D eigenvalue weighted by molar-refractivity contribution is 7.91. The van der Waals surface area contributed by atoms with E-state index in [2.05, 4.69) is 4.98 Å². The van der Waals surface area contributed by atoms with Crippen molar-refractivity contribution in [1.82, 2.24) is 4.98 Å². The van der Waals surface area contributed by atoms with Crippen molar-refractivity contribution in [2.75, 3.05) is 6.26 Å². The molecule has 3 atom stereocenters. The number of halogens is 1. The van der Waals surface area contributed by atoms with Crippen LogP contribution in [0.5, 0.6) is 0 Å². The van der Waals surface area contributed by atoms with Crippen LogP contribution in [0.15, 0.2) is 18.5 Å². The molecule has 1 aromatic heterocycles. The zero-order chi connectivity index (χ0) is 14.0. The van der Waals surface area contributed by atoms with E-state index in [1.165, 1.54) is 18.5 Å². The topological polar surface area (TPSA) is 67.3 Å². The molecule has 0 amide bonds. The van der Waals surface area contributed by atoms with Gasteiger partial charge in [0.05, 0.1) is 17.6 Å². The van der Waals surface area contributed by atoms with Crippen molar-refractivity contribution in [3.05, 3.63) is 29.8 Å². The van der Waals surface area contributed by atoms with E-state index < -0.39 is 27.0 Å². The van der Waals surface area contributed by atoms with Gasteiger partial charge in [-0.05, 0) is 31.2 Å². The summed E-state index contributed by atoms with van der Waals surface area (Å²) in [7, 11) is -3.10. The van der Waals surface area contributed by atoms with Crippen molar-refractivity contribution >= 4 is 9.84 Å². The molecule has 0 saturated heterocycles. The maximum atomic E-state index is 13.6. The minimum Gasteiger partial charge on any atom is -0.388 e. The summed E-state index contributed by atoms with van der Waals surface area (Å²) in [6.45, 7) is 0. The molecule has 0 aromatic carbocycles. The first kappa shape index (κ1) is 14.4. The van der Waals surface area contributed by atoms with Crippen molar-refractivity contribution < 1.29 is 17.9 Å². The van der Waals surface area contributed by atoms with E-state index in [-0.39, 0.29) is 11.5 Å². The lowest BCUT2D eigenvalue weighted by atomic mass is 9.82. The standard InChI is InChI=1S/C13H18FNO3S/c1-19(17,18)10-4-2-3-9(7-10)13(16)11-5-6-15-8-12(11)14/h5-6,8-10,13,16H,2-4,7H2,1H3. The molecule has 0 aliphatic heterocycles. The van der Waals surface area contributed by atoms with E-state index in [0.717, 1.165) is 19.0 Å². The number of aromatic nitrogens is 1. The molecule has 1 aliphatic carbocycles. The smallest absolute Gasteiger partial charge is 0.150 e. The first-order valence-corrected chi connectivity index (χ1v) is 8.31. The van der Waals surface area contributed by atoms with Gasteiger partial charge in [-0.1, -0.05) is 6.42 Å². The lowest BCUT2D eigenvalue weighted by Crippen LogP contribution is -2.30. The van der Waals surface area contributed by atoms with Gasteiger partial charge in [-0.15, -0.1) is 0 Å². The average molecular weight is 287 g/mol. The summed E-state index contributed by atoms with van der Waals surface area (Å²) in [6.07, 6.45) is 5.23. The van der Waals surface area contributed by atoms with E-state index in [4.69, 9.17) is 0 Å². The normalized spacial score (nSPS) is 26.1. The van der Waals surface area contributed by atoms with Gasteiger partial charge in [0.25, 0.3) is 0 Å². The second kappa shape index (κ2) is 5.54. The Labute approximate surface area is 112 Å². The van der Waals surface area contributed by atoms with Crippen LogP contribution in [-0.4, -0.2) is 30.0 Å². The van der Waals surface area contributed by atoms with Crippen molar-refractivity contribution in [1.29, 1.82) is 0 Å².